The Kier molecular flexibility index (Phi) is 5.63. The van der Waals surface area contributed by atoms with Crippen LogP contribution in [-0.4, -0.2) is 24.3 Å². The number of hydrogen-bond donors (Lipinski definition) is 2. The van der Waals surface area contributed by atoms with E-state index in [0.29, 0.717) is 28.5 Å². The maximum Gasteiger partial charge on any atom is 0.263 e. The smallest absolute Gasteiger partial charge is 0.263 e. The molecule has 1 atom stereocenters. The van der Waals surface area contributed by atoms with Crippen molar-refractivity contribution in [3.63, 3.8) is 0 Å². The van der Waals surface area contributed by atoms with Gasteiger partial charge in [-0.3, -0.25) is 9.20 Å². The Bertz CT molecular complexity index is 1490. The summed E-state index contributed by atoms with van der Waals surface area (Å²) in [5.41, 5.74) is 3.07. The SMILES string of the molecule is CC.O=c1c(-c2cccc(F)c2)c(C(Nc2ncnc3nc[nH]c23)C2CC2)cc2sccn12. The van der Waals surface area contributed by atoms with Crippen LogP contribution in [0.1, 0.15) is 38.3 Å². The molecule has 1 unspecified atom stereocenters. The third kappa shape index (κ3) is 3.89. The van der Waals surface area contributed by atoms with Crippen LogP contribution >= 0.6 is 11.3 Å². The summed E-state index contributed by atoms with van der Waals surface area (Å²) in [6.07, 6.45) is 6.90. The molecule has 0 spiro atoms. The van der Waals surface area contributed by atoms with E-state index in [2.05, 4.69) is 25.3 Å². The zero-order valence-corrected chi connectivity index (χ0v) is 19.1. The molecule has 6 rings (SSSR count). The number of anilines is 1. The van der Waals surface area contributed by atoms with Gasteiger partial charge in [0.25, 0.3) is 5.56 Å². The molecule has 4 aromatic heterocycles. The minimum atomic E-state index is -0.371. The maximum atomic E-state index is 14.1. The normalized spacial score (nSPS) is 14.2. The molecule has 4 heterocycles. The molecule has 33 heavy (non-hydrogen) atoms. The van der Waals surface area contributed by atoms with Crippen LogP contribution in [0.5, 0.6) is 0 Å². The van der Waals surface area contributed by atoms with Gasteiger partial charge in [0.1, 0.15) is 22.5 Å². The number of aromatic amines is 1. The van der Waals surface area contributed by atoms with Crippen molar-refractivity contribution in [1.29, 1.82) is 0 Å². The number of imidazole rings is 1. The fourth-order valence-corrected chi connectivity index (χ4v) is 4.87. The van der Waals surface area contributed by atoms with Crippen molar-refractivity contribution in [2.75, 3.05) is 5.32 Å². The van der Waals surface area contributed by atoms with Crippen molar-refractivity contribution >= 4 is 33.1 Å². The first-order valence-electron chi connectivity index (χ1n) is 11.0. The summed E-state index contributed by atoms with van der Waals surface area (Å²) < 4.78 is 15.7. The van der Waals surface area contributed by atoms with E-state index >= 15 is 0 Å². The standard InChI is InChI=1S/C22H17FN6OS.C2H6/c23-14-3-1-2-13(8-14)17-15(9-16-29(22(17)30)6-7-31-16)18(12-4-5-12)28-21-19-20(25-10-24-19)26-11-27-21;1-2/h1-3,6-12,18H,4-5H2,(H2,24,25,26,27,28);1-2H3. The Hall–Kier alpha value is -3.59. The number of aromatic nitrogens is 5. The number of halogens is 1. The number of nitrogens with one attached hydrogen (secondary N) is 2. The molecule has 9 heteroatoms. The maximum absolute atomic E-state index is 14.1. The van der Waals surface area contributed by atoms with E-state index < -0.39 is 0 Å². The van der Waals surface area contributed by atoms with Gasteiger partial charge < -0.3 is 10.3 Å². The van der Waals surface area contributed by atoms with Gasteiger partial charge in [0, 0.05) is 11.6 Å². The molecule has 0 radical (unpaired) electrons. The van der Waals surface area contributed by atoms with Gasteiger partial charge in [0.05, 0.1) is 17.9 Å². The first kappa shape index (κ1) is 21.3. The second-order valence-electron chi connectivity index (χ2n) is 7.68. The van der Waals surface area contributed by atoms with Gasteiger partial charge in [-0.15, -0.1) is 11.3 Å². The monoisotopic (exact) mass is 462 g/mol. The van der Waals surface area contributed by atoms with Crippen molar-refractivity contribution in [3.8, 4) is 11.1 Å². The lowest BCUT2D eigenvalue weighted by atomic mass is 9.93. The van der Waals surface area contributed by atoms with Gasteiger partial charge in [0.15, 0.2) is 11.5 Å². The summed E-state index contributed by atoms with van der Waals surface area (Å²) in [7, 11) is 0. The molecule has 2 N–H and O–H groups in total. The highest BCUT2D eigenvalue weighted by Crippen LogP contribution is 2.45. The Labute approximate surface area is 193 Å². The molecule has 5 aromatic rings. The van der Waals surface area contributed by atoms with Crippen molar-refractivity contribution in [1.82, 2.24) is 24.3 Å². The largest absolute Gasteiger partial charge is 0.361 e. The fourth-order valence-electron chi connectivity index (χ4n) is 4.09. The average molecular weight is 463 g/mol. The Morgan fingerprint density at radius 3 is 2.85 bits per heavy atom. The molecular formula is C24H23FN6OS. The van der Waals surface area contributed by atoms with E-state index in [-0.39, 0.29) is 17.4 Å². The van der Waals surface area contributed by atoms with Gasteiger partial charge >= 0.3 is 0 Å². The van der Waals surface area contributed by atoms with Crippen LogP contribution < -0.4 is 10.9 Å². The van der Waals surface area contributed by atoms with Crippen molar-refractivity contribution in [2.24, 2.45) is 5.92 Å². The van der Waals surface area contributed by atoms with Crippen molar-refractivity contribution in [2.45, 2.75) is 32.7 Å². The second-order valence-corrected chi connectivity index (χ2v) is 8.61. The summed E-state index contributed by atoms with van der Waals surface area (Å²) in [6, 6.07) is 8.10. The quantitative estimate of drug-likeness (QED) is 0.364. The molecule has 0 bridgehead atoms. The second kappa shape index (κ2) is 8.74. The summed E-state index contributed by atoms with van der Waals surface area (Å²) in [6.45, 7) is 4.00. The summed E-state index contributed by atoms with van der Waals surface area (Å²) in [4.78, 5) is 30.2. The number of benzene rings is 1. The summed E-state index contributed by atoms with van der Waals surface area (Å²) >= 11 is 1.50. The number of nitrogens with zero attached hydrogens (tertiary/aromatic N) is 4. The molecule has 168 valence electrons. The van der Waals surface area contributed by atoms with Crippen LogP contribution in [-0.2, 0) is 0 Å². The lowest BCUT2D eigenvalue weighted by Gasteiger charge is -2.22. The predicted octanol–water partition coefficient (Wildman–Crippen LogP) is 5.42. The molecule has 1 aromatic carbocycles. The van der Waals surface area contributed by atoms with Crippen molar-refractivity contribution < 1.29 is 4.39 Å². The number of rotatable bonds is 5. The van der Waals surface area contributed by atoms with Gasteiger partial charge in [-0.25, -0.2) is 19.3 Å². The number of fused-ring (bicyclic) bond motifs is 2. The van der Waals surface area contributed by atoms with E-state index in [1.807, 2.05) is 25.3 Å². The van der Waals surface area contributed by atoms with Gasteiger partial charge in [-0.1, -0.05) is 26.0 Å². The molecular weight excluding hydrogens is 439 g/mol. The van der Waals surface area contributed by atoms with E-state index in [9.17, 15) is 9.18 Å². The number of thiazole rings is 1. The van der Waals surface area contributed by atoms with E-state index in [4.69, 9.17) is 0 Å². The Morgan fingerprint density at radius 2 is 2.06 bits per heavy atom. The van der Waals surface area contributed by atoms with Gasteiger partial charge in [-0.2, -0.15) is 0 Å². The highest BCUT2D eigenvalue weighted by molar-refractivity contribution is 7.15. The number of hydrogen-bond acceptors (Lipinski definition) is 6. The van der Waals surface area contributed by atoms with Crippen molar-refractivity contribution in [3.05, 3.63) is 76.3 Å². The summed E-state index contributed by atoms with van der Waals surface area (Å²) in [5, 5.41) is 5.42. The molecule has 0 amide bonds. The summed E-state index contributed by atoms with van der Waals surface area (Å²) in [5.74, 6) is 0.613. The van der Waals surface area contributed by atoms with Crippen LogP contribution in [0.15, 0.2) is 59.4 Å². The number of pyridine rings is 1. The number of H-pyrrole nitrogens is 1. The molecule has 7 nitrogen and oxygen atoms in total. The van der Waals surface area contributed by atoms with Crippen LogP contribution in [0.3, 0.4) is 0 Å². The molecule has 1 aliphatic carbocycles. The van der Waals surface area contributed by atoms with E-state index in [1.165, 1.54) is 29.8 Å². The molecule has 1 saturated carbocycles. The lowest BCUT2D eigenvalue weighted by molar-refractivity contribution is 0.628. The van der Waals surface area contributed by atoms with E-state index in [1.54, 1.807) is 29.1 Å². The highest BCUT2D eigenvalue weighted by Gasteiger charge is 2.35. The Morgan fingerprint density at radius 1 is 1.21 bits per heavy atom. The van der Waals surface area contributed by atoms with E-state index in [0.717, 1.165) is 28.8 Å². The van der Waals surface area contributed by atoms with Gasteiger partial charge in [0.2, 0.25) is 0 Å². The zero-order chi connectivity index (χ0) is 22.9. The predicted molar refractivity (Wildman–Crippen MR) is 129 cm³/mol. The topological polar surface area (TPSA) is 88.0 Å². The molecule has 0 saturated heterocycles. The molecule has 1 fully saturated rings. The third-order valence-corrected chi connectivity index (χ3v) is 6.51. The zero-order valence-electron chi connectivity index (χ0n) is 18.2. The molecule has 1 aliphatic rings. The third-order valence-electron chi connectivity index (χ3n) is 5.69. The first-order chi connectivity index (χ1) is 16.2. The van der Waals surface area contributed by atoms with Gasteiger partial charge in [-0.05, 0) is 48.1 Å². The fraction of sp³-hybridized carbons (Fsp3) is 0.250. The lowest BCUT2D eigenvalue weighted by Crippen LogP contribution is -2.22. The average Bonchev–Trinajstić information content (AvgIpc) is 3.35. The Balaban J connectivity index is 0.00000111. The minimum absolute atomic E-state index is 0.152. The van der Waals surface area contributed by atoms with Crippen LogP contribution in [0.25, 0.3) is 27.1 Å². The minimum Gasteiger partial charge on any atom is -0.361 e. The van der Waals surface area contributed by atoms with Crippen LogP contribution in [0.2, 0.25) is 0 Å². The van der Waals surface area contributed by atoms with Crippen LogP contribution in [0.4, 0.5) is 10.2 Å². The first-order valence-corrected chi connectivity index (χ1v) is 11.9. The van der Waals surface area contributed by atoms with Crippen LogP contribution in [0, 0.1) is 11.7 Å². The highest BCUT2D eigenvalue weighted by atomic mass is 32.1. The molecule has 0 aliphatic heterocycles.